The molecule has 34 heavy (non-hydrogen) atoms. The topological polar surface area (TPSA) is 85.7 Å². The highest BCUT2D eigenvalue weighted by atomic mass is 32.2. The zero-order chi connectivity index (χ0) is 25.7. The second-order valence-corrected chi connectivity index (χ2v) is 11.8. The highest BCUT2D eigenvalue weighted by Crippen LogP contribution is 2.41. The lowest BCUT2D eigenvalue weighted by Crippen LogP contribution is -2.38. The number of carboxylic acids is 1. The summed E-state index contributed by atoms with van der Waals surface area (Å²) in [5, 5.41) is 18.1. The average molecular weight is 488 g/mol. The van der Waals surface area contributed by atoms with Crippen LogP contribution in [-0.2, 0) is 11.2 Å². The van der Waals surface area contributed by atoms with Crippen LogP contribution in [0.2, 0.25) is 0 Å². The summed E-state index contributed by atoms with van der Waals surface area (Å²) in [7, 11) is 1.90. The molecule has 0 saturated carbocycles. The minimum atomic E-state index is -0.816. The molecule has 7 heteroatoms. The number of aromatic nitrogens is 1. The van der Waals surface area contributed by atoms with Gasteiger partial charge in [0.2, 0.25) is 0 Å². The Labute approximate surface area is 209 Å². The first-order chi connectivity index (χ1) is 15.7. The Morgan fingerprint density at radius 2 is 1.65 bits per heavy atom. The molecular weight excluding hydrogens is 446 g/mol. The molecule has 0 unspecified atom stereocenters. The molecular formula is C27H41N3O3S. The molecule has 0 atom stereocenters. The van der Waals surface area contributed by atoms with Crippen molar-refractivity contribution >= 4 is 23.6 Å². The maximum absolute atomic E-state index is 11.7. The van der Waals surface area contributed by atoms with Gasteiger partial charge in [0.05, 0.1) is 17.7 Å². The third kappa shape index (κ3) is 8.29. The number of hydrogen-bond acceptors (Lipinski definition) is 6. The number of nitrogens with one attached hydrogen (secondary N) is 1. The van der Waals surface area contributed by atoms with Gasteiger partial charge in [-0.2, -0.15) is 0 Å². The van der Waals surface area contributed by atoms with E-state index in [-0.39, 0.29) is 6.42 Å². The molecule has 0 bridgehead atoms. The van der Waals surface area contributed by atoms with E-state index in [0.717, 1.165) is 64.6 Å². The highest BCUT2D eigenvalue weighted by molar-refractivity contribution is 7.97. The molecule has 0 aliphatic carbocycles. The van der Waals surface area contributed by atoms with Crippen LogP contribution in [0.4, 0.5) is 5.69 Å². The van der Waals surface area contributed by atoms with E-state index in [4.69, 9.17) is 10.1 Å². The van der Waals surface area contributed by atoms with E-state index in [9.17, 15) is 9.90 Å². The van der Waals surface area contributed by atoms with Crippen LogP contribution < -0.4 is 9.62 Å². The second kappa shape index (κ2) is 11.6. The zero-order valence-electron chi connectivity index (χ0n) is 22.0. The maximum Gasteiger partial charge on any atom is 0.307 e. The molecule has 3 rings (SSSR count). The first-order valence-corrected chi connectivity index (χ1v) is 12.7. The smallest absolute Gasteiger partial charge is 0.307 e. The van der Waals surface area contributed by atoms with Crippen LogP contribution in [0.1, 0.15) is 64.4 Å². The Kier molecular flexibility index (Phi) is 9.57. The van der Waals surface area contributed by atoms with Gasteiger partial charge < -0.3 is 15.1 Å². The molecule has 188 valence electrons. The molecule has 1 fully saturated rings. The van der Waals surface area contributed by atoms with Gasteiger partial charge in [-0.1, -0.05) is 26.0 Å². The van der Waals surface area contributed by atoms with Crippen molar-refractivity contribution in [2.75, 3.05) is 25.0 Å². The number of carboxylic acid groups (broad SMARTS) is 1. The molecule has 0 amide bonds. The SMILES string of the molecule is CC(C)(C)O.CNSc1ccc(-c2c(C)nc(C)c(CC(=O)O)c2N2CCC(C)(C)CC2)cc1. The number of aryl methyl sites for hydroxylation is 2. The lowest BCUT2D eigenvalue weighted by atomic mass is 9.82. The van der Waals surface area contributed by atoms with Crippen LogP contribution in [0.15, 0.2) is 29.2 Å². The first kappa shape index (κ1) is 28.1. The molecule has 2 aromatic rings. The summed E-state index contributed by atoms with van der Waals surface area (Å²) in [6.45, 7) is 15.7. The average Bonchev–Trinajstić information content (AvgIpc) is 2.70. The lowest BCUT2D eigenvalue weighted by molar-refractivity contribution is -0.136. The first-order valence-electron chi connectivity index (χ1n) is 11.8. The van der Waals surface area contributed by atoms with Crippen molar-refractivity contribution in [3.8, 4) is 11.1 Å². The minimum absolute atomic E-state index is 0.00493. The van der Waals surface area contributed by atoms with Crippen LogP contribution in [0.3, 0.4) is 0 Å². The molecule has 0 spiro atoms. The summed E-state index contributed by atoms with van der Waals surface area (Å²) in [6.07, 6.45) is 2.18. The molecule has 1 aromatic carbocycles. The summed E-state index contributed by atoms with van der Waals surface area (Å²) in [4.78, 5) is 19.9. The van der Waals surface area contributed by atoms with Crippen molar-refractivity contribution in [2.45, 2.75) is 78.2 Å². The summed E-state index contributed by atoms with van der Waals surface area (Å²) in [6, 6.07) is 8.41. The largest absolute Gasteiger partial charge is 0.481 e. The van der Waals surface area contributed by atoms with E-state index in [1.165, 1.54) is 0 Å². The van der Waals surface area contributed by atoms with Gasteiger partial charge in [0.15, 0.2) is 0 Å². The molecule has 2 heterocycles. The second-order valence-electron chi connectivity index (χ2n) is 10.7. The molecule has 1 aliphatic rings. The number of benzene rings is 1. The number of pyridine rings is 1. The number of aliphatic hydroxyl groups is 1. The number of nitrogens with zero attached hydrogens (tertiary/aromatic N) is 2. The summed E-state index contributed by atoms with van der Waals surface area (Å²) in [5.74, 6) is -0.816. The maximum atomic E-state index is 11.7. The predicted molar refractivity (Wildman–Crippen MR) is 143 cm³/mol. The van der Waals surface area contributed by atoms with Crippen LogP contribution in [-0.4, -0.2) is 46.9 Å². The van der Waals surface area contributed by atoms with Gasteiger partial charge in [-0.05, 0) is 89.6 Å². The Balaban J connectivity index is 0.000000739. The van der Waals surface area contributed by atoms with Crippen LogP contribution >= 0.6 is 11.9 Å². The standard InChI is InChI=1S/C23H31N3O2S.C4H10O/c1-15-19(14-20(27)28)22(26-12-10-23(3,4)11-13-26)21(16(2)25-15)17-6-8-18(9-7-17)29-24-5;1-4(2,3)5/h6-9,24H,10-14H2,1-5H3,(H,27,28);5H,1-3H3. The van der Waals surface area contributed by atoms with Gasteiger partial charge in [0, 0.05) is 40.5 Å². The van der Waals surface area contributed by atoms with E-state index in [1.807, 2.05) is 20.9 Å². The molecule has 6 nitrogen and oxygen atoms in total. The fourth-order valence-corrected chi connectivity index (χ4v) is 4.58. The molecule has 1 aromatic heterocycles. The van der Waals surface area contributed by atoms with E-state index in [1.54, 1.807) is 32.7 Å². The van der Waals surface area contributed by atoms with Crippen LogP contribution in [0.25, 0.3) is 11.1 Å². The van der Waals surface area contributed by atoms with Crippen LogP contribution in [0, 0.1) is 19.3 Å². The third-order valence-electron chi connectivity index (χ3n) is 5.78. The third-order valence-corrected chi connectivity index (χ3v) is 6.49. The van der Waals surface area contributed by atoms with E-state index < -0.39 is 11.6 Å². The van der Waals surface area contributed by atoms with E-state index >= 15 is 0 Å². The zero-order valence-corrected chi connectivity index (χ0v) is 22.8. The van der Waals surface area contributed by atoms with Crippen molar-refractivity contribution < 1.29 is 15.0 Å². The fraction of sp³-hybridized carbons (Fsp3) is 0.556. The van der Waals surface area contributed by atoms with Crippen LogP contribution in [0.5, 0.6) is 0 Å². The molecule has 3 N–H and O–H groups in total. The minimum Gasteiger partial charge on any atom is -0.481 e. The van der Waals surface area contributed by atoms with Crippen molar-refractivity contribution in [1.29, 1.82) is 0 Å². The number of hydrogen-bond donors (Lipinski definition) is 3. The lowest BCUT2D eigenvalue weighted by Gasteiger charge is -2.40. The summed E-state index contributed by atoms with van der Waals surface area (Å²) < 4.78 is 3.09. The monoisotopic (exact) mass is 487 g/mol. The van der Waals surface area contributed by atoms with Gasteiger partial charge in [0.1, 0.15) is 0 Å². The van der Waals surface area contributed by atoms with Crippen molar-refractivity contribution in [3.63, 3.8) is 0 Å². The number of aliphatic carboxylic acids is 1. The Hall–Kier alpha value is -2.09. The Morgan fingerprint density at radius 1 is 1.12 bits per heavy atom. The Morgan fingerprint density at radius 3 is 2.12 bits per heavy atom. The fourth-order valence-electron chi connectivity index (χ4n) is 4.07. The van der Waals surface area contributed by atoms with Gasteiger partial charge in [-0.15, -0.1) is 0 Å². The van der Waals surface area contributed by atoms with Gasteiger partial charge in [0.25, 0.3) is 0 Å². The summed E-state index contributed by atoms with van der Waals surface area (Å²) >= 11 is 1.58. The predicted octanol–water partition coefficient (Wildman–Crippen LogP) is 5.62. The Bertz CT molecular complexity index is 966. The summed E-state index contributed by atoms with van der Waals surface area (Å²) in [5.41, 5.74) is 5.64. The molecule has 1 aliphatic heterocycles. The van der Waals surface area contributed by atoms with Crippen molar-refractivity contribution in [2.24, 2.45) is 5.41 Å². The number of carbonyl (C=O) groups is 1. The van der Waals surface area contributed by atoms with Crippen molar-refractivity contribution in [1.82, 2.24) is 9.71 Å². The number of rotatable bonds is 6. The van der Waals surface area contributed by atoms with Crippen molar-refractivity contribution in [3.05, 3.63) is 41.2 Å². The number of piperidine rings is 1. The highest BCUT2D eigenvalue weighted by Gasteiger charge is 2.30. The van der Waals surface area contributed by atoms with E-state index in [0.29, 0.717) is 5.41 Å². The van der Waals surface area contributed by atoms with E-state index in [2.05, 4.69) is 47.7 Å². The van der Waals surface area contributed by atoms with Gasteiger partial charge in [-0.25, -0.2) is 0 Å². The molecule has 0 radical (unpaired) electrons. The molecule has 1 saturated heterocycles. The normalized spacial score (nSPS) is 15.5. The van der Waals surface area contributed by atoms with Gasteiger partial charge in [-0.3, -0.25) is 14.5 Å². The quantitative estimate of drug-likeness (QED) is 0.456. The van der Waals surface area contributed by atoms with Gasteiger partial charge >= 0.3 is 5.97 Å². The number of anilines is 1.